The summed E-state index contributed by atoms with van der Waals surface area (Å²) in [5.74, 6) is -6.38. The van der Waals surface area contributed by atoms with Gasteiger partial charge in [-0.25, -0.2) is 17.6 Å². The summed E-state index contributed by atoms with van der Waals surface area (Å²) in [6.45, 7) is 3.57. The Morgan fingerprint density at radius 3 is 1.95 bits per heavy atom. The minimum Gasteiger partial charge on any atom is -0.203 e. The van der Waals surface area contributed by atoms with E-state index < -0.39 is 40.8 Å². The molecule has 0 saturated heterocycles. The Morgan fingerprint density at radius 1 is 1.05 bits per heavy atom. The largest absolute Gasteiger partial charge is 0.203 e. The number of hydrogen-bond donors (Lipinski definition) is 0. The molecule has 1 rings (SSSR count). The molecule has 21 heavy (non-hydrogen) atoms. The van der Waals surface area contributed by atoms with Crippen molar-refractivity contribution in [3.05, 3.63) is 40.0 Å². The lowest BCUT2D eigenvalue weighted by molar-refractivity contribution is 0.440. The Labute approximate surface area is 119 Å². The molecule has 0 bridgehead atoms. The molecule has 2 nitrogen and oxygen atoms in total. The first-order valence-electron chi connectivity index (χ1n) is 6.15. The highest BCUT2D eigenvalue weighted by Crippen LogP contribution is 2.27. The SMILES string of the molecule is CC(C)CC(C#N)=Cc1c(F)c(F)c(CC#N)c(F)c1F. The fourth-order valence-corrected chi connectivity index (χ4v) is 1.81. The van der Waals surface area contributed by atoms with E-state index in [1.54, 1.807) is 19.9 Å². The van der Waals surface area contributed by atoms with Crippen LogP contribution in [0.4, 0.5) is 17.6 Å². The number of rotatable bonds is 4. The number of allylic oxidation sites excluding steroid dienone is 1. The van der Waals surface area contributed by atoms with E-state index in [1.807, 2.05) is 0 Å². The predicted molar refractivity (Wildman–Crippen MR) is 68.6 cm³/mol. The number of halogens is 4. The summed E-state index contributed by atoms with van der Waals surface area (Å²) in [5.41, 5.74) is -1.88. The summed E-state index contributed by atoms with van der Waals surface area (Å²) < 4.78 is 55.0. The van der Waals surface area contributed by atoms with Gasteiger partial charge in [-0.2, -0.15) is 10.5 Å². The van der Waals surface area contributed by atoms with Gasteiger partial charge in [-0.1, -0.05) is 13.8 Å². The topological polar surface area (TPSA) is 47.6 Å². The maximum atomic E-state index is 13.8. The average Bonchev–Trinajstić information content (AvgIpc) is 2.44. The van der Waals surface area contributed by atoms with Gasteiger partial charge in [-0.3, -0.25) is 0 Å². The summed E-state index contributed by atoms with van der Waals surface area (Å²) in [6, 6.07) is 3.18. The first-order chi connectivity index (χ1) is 9.83. The van der Waals surface area contributed by atoms with Crippen LogP contribution in [0.3, 0.4) is 0 Å². The van der Waals surface area contributed by atoms with Crippen LogP contribution in [-0.2, 0) is 6.42 Å². The molecular formula is C15H12F4N2. The number of hydrogen-bond acceptors (Lipinski definition) is 2. The average molecular weight is 296 g/mol. The lowest BCUT2D eigenvalue weighted by Gasteiger charge is -2.09. The van der Waals surface area contributed by atoms with Gasteiger partial charge < -0.3 is 0 Å². The lowest BCUT2D eigenvalue weighted by Crippen LogP contribution is -2.06. The molecule has 0 aliphatic rings. The highest BCUT2D eigenvalue weighted by atomic mass is 19.2. The zero-order valence-electron chi connectivity index (χ0n) is 11.5. The maximum absolute atomic E-state index is 13.8. The minimum atomic E-state index is -1.61. The van der Waals surface area contributed by atoms with Crippen molar-refractivity contribution in [1.29, 1.82) is 10.5 Å². The Balaban J connectivity index is 3.50. The van der Waals surface area contributed by atoms with Gasteiger partial charge in [0.25, 0.3) is 0 Å². The standard InChI is InChI=1S/C15H12F4N2/c1-8(2)5-9(7-21)6-11-14(18)12(16)10(3-4-20)13(17)15(11)19/h6,8H,3,5H2,1-2H3. The van der Waals surface area contributed by atoms with Crippen LogP contribution in [0.1, 0.15) is 31.4 Å². The molecule has 110 valence electrons. The fraction of sp³-hybridized carbons (Fsp3) is 0.333. The molecule has 0 unspecified atom stereocenters. The van der Waals surface area contributed by atoms with Crippen molar-refractivity contribution in [2.75, 3.05) is 0 Å². The lowest BCUT2D eigenvalue weighted by atomic mass is 9.99. The van der Waals surface area contributed by atoms with Crippen LogP contribution >= 0.6 is 0 Å². The van der Waals surface area contributed by atoms with E-state index >= 15 is 0 Å². The van der Waals surface area contributed by atoms with E-state index in [2.05, 4.69) is 0 Å². The van der Waals surface area contributed by atoms with Crippen molar-refractivity contribution in [2.45, 2.75) is 26.7 Å². The number of benzene rings is 1. The van der Waals surface area contributed by atoms with Crippen molar-refractivity contribution in [1.82, 2.24) is 0 Å². The van der Waals surface area contributed by atoms with E-state index in [1.165, 1.54) is 6.07 Å². The molecule has 0 amide bonds. The quantitative estimate of drug-likeness (QED) is 0.473. The van der Waals surface area contributed by atoms with Gasteiger partial charge in [-0.15, -0.1) is 0 Å². The highest BCUT2D eigenvalue weighted by molar-refractivity contribution is 5.59. The second kappa shape index (κ2) is 6.90. The third kappa shape index (κ3) is 3.61. The molecule has 0 spiro atoms. The number of nitrogens with zero attached hydrogens (tertiary/aromatic N) is 2. The Hall–Kier alpha value is -2.34. The first-order valence-corrected chi connectivity index (χ1v) is 6.15. The normalized spacial score (nSPS) is 11.4. The van der Waals surface area contributed by atoms with Crippen molar-refractivity contribution in [3.8, 4) is 12.1 Å². The van der Waals surface area contributed by atoms with Gasteiger partial charge >= 0.3 is 0 Å². The van der Waals surface area contributed by atoms with Crippen LogP contribution in [0.2, 0.25) is 0 Å². The molecule has 1 aromatic carbocycles. The molecular weight excluding hydrogens is 284 g/mol. The first kappa shape index (κ1) is 16.7. The number of nitriles is 2. The monoisotopic (exact) mass is 296 g/mol. The van der Waals surface area contributed by atoms with Crippen LogP contribution in [0.5, 0.6) is 0 Å². The molecule has 0 heterocycles. The summed E-state index contributed by atoms with van der Waals surface area (Å²) in [7, 11) is 0. The third-order valence-corrected chi connectivity index (χ3v) is 2.73. The van der Waals surface area contributed by atoms with E-state index in [0.29, 0.717) is 0 Å². The second-order valence-corrected chi connectivity index (χ2v) is 4.86. The van der Waals surface area contributed by atoms with E-state index in [0.717, 1.165) is 6.08 Å². The summed E-state index contributed by atoms with van der Waals surface area (Å²) >= 11 is 0. The summed E-state index contributed by atoms with van der Waals surface area (Å²) in [4.78, 5) is 0. The minimum absolute atomic E-state index is 0.00892. The molecule has 0 atom stereocenters. The molecule has 6 heteroatoms. The molecule has 0 N–H and O–H groups in total. The van der Waals surface area contributed by atoms with Gasteiger partial charge in [0.2, 0.25) is 0 Å². The zero-order chi connectivity index (χ0) is 16.2. The highest BCUT2D eigenvalue weighted by Gasteiger charge is 2.24. The van der Waals surface area contributed by atoms with Crippen molar-refractivity contribution < 1.29 is 17.6 Å². The van der Waals surface area contributed by atoms with Gasteiger partial charge in [0.1, 0.15) is 0 Å². The van der Waals surface area contributed by atoms with Gasteiger partial charge in [0.15, 0.2) is 23.3 Å². The van der Waals surface area contributed by atoms with Gasteiger partial charge in [0, 0.05) is 11.1 Å². The molecule has 0 aliphatic carbocycles. The Bertz CT molecular complexity index is 635. The second-order valence-electron chi connectivity index (χ2n) is 4.86. The molecule has 0 fully saturated rings. The van der Waals surface area contributed by atoms with Crippen LogP contribution in [0.25, 0.3) is 6.08 Å². The van der Waals surface area contributed by atoms with Crippen LogP contribution < -0.4 is 0 Å². The van der Waals surface area contributed by atoms with Crippen LogP contribution in [0.15, 0.2) is 5.57 Å². The molecule has 0 saturated carbocycles. The molecule has 0 aromatic heterocycles. The smallest absolute Gasteiger partial charge is 0.169 e. The van der Waals surface area contributed by atoms with Gasteiger partial charge in [-0.05, 0) is 18.4 Å². The summed E-state index contributed by atoms with van der Waals surface area (Å²) in [6.07, 6.45) is 0.234. The van der Waals surface area contributed by atoms with Crippen molar-refractivity contribution in [2.24, 2.45) is 5.92 Å². The van der Waals surface area contributed by atoms with Crippen LogP contribution in [0, 0.1) is 51.8 Å². The van der Waals surface area contributed by atoms with Crippen LogP contribution in [-0.4, -0.2) is 0 Å². The molecule has 0 aliphatic heterocycles. The Morgan fingerprint density at radius 2 is 1.57 bits per heavy atom. The molecule has 1 aromatic rings. The third-order valence-electron chi connectivity index (χ3n) is 2.73. The van der Waals surface area contributed by atoms with Crippen molar-refractivity contribution >= 4 is 6.08 Å². The maximum Gasteiger partial charge on any atom is 0.169 e. The fourth-order valence-electron chi connectivity index (χ4n) is 1.81. The van der Waals surface area contributed by atoms with E-state index in [-0.39, 0.29) is 17.9 Å². The Kier molecular flexibility index (Phi) is 5.49. The molecule has 0 radical (unpaired) electrons. The van der Waals surface area contributed by atoms with E-state index in [4.69, 9.17) is 10.5 Å². The van der Waals surface area contributed by atoms with Crippen molar-refractivity contribution in [3.63, 3.8) is 0 Å². The summed E-state index contributed by atoms with van der Waals surface area (Å²) in [5, 5.41) is 17.3. The van der Waals surface area contributed by atoms with E-state index in [9.17, 15) is 17.6 Å². The zero-order valence-corrected chi connectivity index (χ0v) is 11.5. The predicted octanol–water partition coefficient (Wildman–Crippen LogP) is 4.26. The van der Waals surface area contributed by atoms with Gasteiger partial charge in [0.05, 0.1) is 24.1 Å².